The summed E-state index contributed by atoms with van der Waals surface area (Å²) in [5.74, 6) is 0. The minimum absolute atomic E-state index is 0.427. The molecular formula is C68H48N2. The molecule has 0 saturated heterocycles. The molecule has 2 nitrogen and oxygen atoms in total. The van der Waals surface area contributed by atoms with Crippen LogP contribution in [0, 0.1) is 0 Å². The van der Waals surface area contributed by atoms with Gasteiger partial charge in [-0.15, -0.1) is 0 Å². The van der Waals surface area contributed by atoms with Gasteiger partial charge in [0.25, 0.3) is 0 Å². The number of benzene rings is 10. The quantitative estimate of drug-likeness (QED) is 0.148. The monoisotopic (exact) mass is 892 g/mol. The van der Waals surface area contributed by atoms with Crippen molar-refractivity contribution in [2.45, 2.75) is 25.2 Å². The first-order valence-electron chi connectivity index (χ1n) is 24.6. The molecule has 1 atom stereocenters. The first-order valence-corrected chi connectivity index (χ1v) is 24.6. The Morgan fingerprint density at radius 2 is 1.10 bits per heavy atom. The summed E-state index contributed by atoms with van der Waals surface area (Å²) in [6.07, 6.45) is 8.75. The van der Waals surface area contributed by atoms with E-state index < -0.39 is 5.41 Å². The number of fused-ring (bicyclic) bond motifs is 6. The summed E-state index contributed by atoms with van der Waals surface area (Å²) in [4.78, 5) is 2.52. The molecule has 14 rings (SSSR count). The van der Waals surface area contributed by atoms with Crippen LogP contribution in [0.15, 0.2) is 254 Å². The second-order valence-electron chi connectivity index (χ2n) is 19.2. The number of nitrogens with zero attached hydrogens (tertiary/aromatic N) is 2. The third-order valence-corrected chi connectivity index (χ3v) is 15.5. The van der Waals surface area contributed by atoms with Gasteiger partial charge in [0, 0.05) is 44.3 Å². The highest BCUT2D eigenvalue weighted by Crippen LogP contribution is 2.62. The average molecular weight is 893 g/mol. The van der Waals surface area contributed by atoms with E-state index in [1.165, 1.54) is 117 Å². The van der Waals surface area contributed by atoms with Gasteiger partial charge in [-0.25, -0.2) is 0 Å². The number of allylic oxidation sites excluding steroid dienone is 4. The molecule has 330 valence electrons. The Bertz CT molecular complexity index is 3950. The SMILES string of the molecule is CC1(c2cccc(-c3ccccc3)c2)c2ccc(-c3cccc(N(C4=CC=CCC4)c4ccc(-c5ccccc5)cc4-c4ccccc4)c3)c3c2-c2c1ccc1c4ccccc4n(c21)-c1ccccc1-3. The van der Waals surface area contributed by atoms with Crippen LogP contribution in [0.5, 0.6) is 0 Å². The Labute approximate surface area is 409 Å². The van der Waals surface area contributed by atoms with E-state index in [0.717, 1.165) is 24.2 Å². The molecule has 1 aliphatic heterocycles. The van der Waals surface area contributed by atoms with Crippen LogP contribution in [0.3, 0.4) is 0 Å². The molecule has 3 aliphatic rings. The summed E-state index contributed by atoms with van der Waals surface area (Å²) in [6.45, 7) is 2.47. The lowest BCUT2D eigenvalue weighted by Gasteiger charge is -2.32. The van der Waals surface area contributed by atoms with Crippen molar-refractivity contribution in [3.8, 4) is 72.4 Å². The fourth-order valence-electron chi connectivity index (χ4n) is 12.2. The van der Waals surface area contributed by atoms with Crippen molar-refractivity contribution in [2.75, 3.05) is 4.90 Å². The molecular weight excluding hydrogens is 845 g/mol. The zero-order chi connectivity index (χ0) is 46.3. The van der Waals surface area contributed by atoms with Crippen molar-refractivity contribution in [3.63, 3.8) is 0 Å². The summed E-state index contributed by atoms with van der Waals surface area (Å²) in [7, 11) is 0. The van der Waals surface area contributed by atoms with Gasteiger partial charge in [0.1, 0.15) is 0 Å². The topological polar surface area (TPSA) is 8.17 Å². The summed E-state index contributed by atoms with van der Waals surface area (Å²) in [5, 5.41) is 2.57. The lowest BCUT2D eigenvalue weighted by atomic mass is 9.73. The molecule has 1 aromatic heterocycles. The average Bonchev–Trinajstić information content (AvgIpc) is 3.86. The van der Waals surface area contributed by atoms with Crippen LogP contribution in [0.1, 0.15) is 36.5 Å². The number of hydrogen-bond acceptors (Lipinski definition) is 1. The lowest BCUT2D eigenvalue weighted by Crippen LogP contribution is -2.22. The molecule has 0 bridgehead atoms. The van der Waals surface area contributed by atoms with Gasteiger partial charge in [0.15, 0.2) is 0 Å². The molecule has 2 heterocycles. The highest BCUT2D eigenvalue weighted by molar-refractivity contribution is 6.20. The van der Waals surface area contributed by atoms with Crippen LogP contribution in [0.25, 0.3) is 94.3 Å². The van der Waals surface area contributed by atoms with Crippen molar-refractivity contribution < 1.29 is 0 Å². The summed E-state index contributed by atoms with van der Waals surface area (Å²) in [5.41, 5.74) is 25.8. The summed E-state index contributed by atoms with van der Waals surface area (Å²) in [6, 6.07) is 85.9. The first-order chi connectivity index (χ1) is 34.6. The minimum Gasteiger partial charge on any atom is -0.314 e. The maximum Gasteiger partial charge on any atom is 0.0623 e. The Morgan fingerprint density at radius 1 is 0.443 bits per heavy atom. The molecule has 0 fully saturated rings. The van der Waals surface area contributed by atoms with Crippen molar-refractivity contribution in [3.05, 3.63) is 271 Å². The lowest BCUT2D eigenvalue weighted by molar-refractivity contribution is 0.714. The molecule has 0 amide bonds. The van der Waals surface area contributed by atoms with E-state index in [-0.39, 0.29) is 0 Å². The van der Waals surface area contributed by atoms with Gasteiger partial charge in [-0.2, -0.15) is 0 Å². The normalized spacial score (nSPS) is 15.2. The third-order valence-electron chi connectivity index (χ3n) is 15.5. The second kappa shape index (κ2) is 15.9. The number of para-hydroxylation sites is 2. The second-order valence-corrected chi connectivity index (χ2v) is 19.2. The summed E-state index contributed by atoms with van der Waals surface area (Å²) >= 11 is 0. The van der Waals surface area contributed by atoms with Crippen LogP contribution < -0.4 is 4.90 Å². The largest absolute Gasteiger partial charge is 0.314 e. The maximum absolute atomic E-state index is 2.57. The van der Waals surface area contributed by atoms with Crippen LogP contribution in [-0.2, 0) is 5.41 Å². The highest BCUT2D eigenvalue weighted by atomic mass is 15.2. The third kappa shape index (κ3) is 6.06. The fraction of sp³-hybridized carbons (Fsp3) is 0.0588. The molecule has 0 N–H and O–H groups in total. The number of aromatic nitrogens is 1. The standard InChI is InChI=1S/C68H48N2/c1-68(51-28-18-26-48(42-51)45-20-6-2-7-21-45)59-39-37-54(64-57-33-15-17-35-62(57)70-61-34-16-14-32-55(61)56-38-40-60(68)66(65(59)64)67(56)70)50-27-19-31-53(43-50)69(52-29-12-5-13-30-52)63-41-36-49(46-22-8-3-9-23-46)44-58(63)47-24-10-4-11-25-47/h2-12,14-29,31-44H,13,30H2,1H3. The Morgan fingerprint density at radius 3 is 1.89 bits per heavy atom. The van der Waals surface area contributed by atoms with E-state index in [1.807, 2.05) is 0 Å². The van der Waals surface area contributed by atoms with Crippen LogP contribution in [0.4, 0.5) is 11.4 Å². The number of hydrogen-bond donors (Lipinski definition) is 0. The molecule has 0 radical (unpaired) electrons. The molecule has 70 heavy (non-hydrogen) atoms. The van der Waals surface area contributed by atoms with Crippen molar-refractivity contribution >= 4 is 33.2 Å². The fourth-order valence-corrected chi connectivity index (χ4v) is 12.2. The van der Waals surface area contributed by atoms with E-state index in [0.29, 0.717) is 0 Å². The smallest absolute Gasteiger partial charge is 0.0623 e. The van der Waals surface area contributed by atoms with Crippen molar-refractivity contribution in [2.24, 2.45) is 0 Å². The predicted octanol–water partition coefficient (Wildman–Crippen LogP) is 18.1. The van der Waals surface area contributed by atoms with Gasteiger partial charge in [0.2, 0.25) is 0 Å². The van der Waals surface area contributed by atoms with Gasteiger partial charge < -0.3 is 9.47 Å². The number of rotatable bonds is 8. The zero-order valence-corrected chi connectivity index (χ0v) is 39.0. The first kappa shape index (κ1) is 40.4. The molecule has 10 aromatic carbocycles. The van der Waals surface area contributed by atoms with Gasteiger partial charge >= 0.3 is 0 Å². The van der Waals surface area contributed by atoms with Crippen LogP contribution in [0.2, 0.25) is 0 Å². The van der Waals surface area contributed by atoms with E-state index in [1.54, 1.807) is 0 Å². The zero-order valence-electron chi connectivity index (χ0n) is 39.0. The Kier molecular flexibility index (Phi) is 9.19. The molecule has 2 aliphatic carbocycles. The van der Waals surface area contributed by atoms with Crippen LogP contribution >= 0.6 is 0 Å². The minimum atomic E-state index is -0.427. The maximum atomic E-state index is 2.57. The van der Waals surface area contributed by atoms with Crippen molar-refractivity contribution in [1.29, 1.82) is 0 Å². The predicted molar refractivity (Wildman–Crippen MR) is 294 cm³/mol. The van der Waals surface area contributed by atoms with Gasteiger partial charge in [-0.3, -0.25) is 0 Å². The van der Waals surface area contributed by atoms with E-state index in [4.69, 9.17) is 0 Å². The molecule has 0 spiro atoms. The van der Waals surface area contributed by atoms with Crippen LogP contribution in [-0.4, -0.2) is 4.57 Å². The number of anilines is 2. The Balaban J connectivity index is 1.03. The highest BCUT2D eigenvalue weighted by Gasteiger charge is 2.45. The summed E-state index contributed by atoms with van der Waals surface area (Å²) < 4.78 is 2.57. The van der Waals surface area contributed by atoms with E-state index in [2.05, 4.69) is 265 Å². The van der Waals surface area contributed by atoms with E-state index in [9.17, 15) is 0 Å². The molecule has 11 aromatic rings. The molecule has 2 heteroatoms. The van der Waals surface area contributed by atoms with E-state index >= 15 is 0 Å². The van der Waals surface area contributed by atoms with Gasteiger partial charge in [0.05, 0.1) is 22.4 Å². The molecule has 1 unspecified atom stereocenters. The van der Waals surface area contributed by atoms with Crippen molar-refractivity contribution in [1.82, 2.24) is 4.57 Å². The van der Waals surface area contributed by atoms with Gasteiger partial charge in [-0.05, 0) is 135 Å². The molecule has 0 saturated carbocycles. The Hall–Kier alpha value is -8.72. The van der Waals surface area contributed by atoms with Gasteiger partial charge in [-0.1, -0.05) is 200 Å².